The standard InChI is InChI=1S/C17H23NO6/c1-22-14-6-5-12(10-15(14)23-2)17(21)18(8-7-16(19)20)11-13-4-3-9-24-13/h5-6,10,13H,3-4,7-9,11H2,1-2H3,(H,19,20)/t13-/m1/s1. The second-order valence-electron chi connectivity index (χ2n) is 5.60. The lowest BCUT2D eigenvalue weighted by molar-refractivity contribution is -0.137. The van der Waals surface area contributed by atoms with E-state index in [0.717, 1.165) is 12.8 Å². The van der Waals surface area contributed by atoms with Crippen LogP contribution in [0, 0.1) is 0 Å². The predicted octanol–water partition coefficient (Wildman–Crippen LogP) is 1.80. The van der Waals surface area contributed by atoms with Crippen molar-refractivity contribution in [1.29, 1.82) is 0 Å². The molecular weight excluding hydrogens is 314 g/mol. The van der Waals surface area contributed by atoms with Crippen LogP contribution in [0.3, 0.4) is 0 Å². The van der Waals surface area contributed by atoms with Crippen LogP contribution in [-0.2, 0) is 9.53 Å². The van der Waals surface area contributed by atoms with Crippen LogP contribution in [0.1, 0.15) is 29.6 Å². The summed E-state index contributed by atoms with van der Waals surface area (Å²) in [5.41, 5.74) is 0.427. The molecule has 7 nitrogen and oxygen atoms in total. The Morgan fingerprint density at radius 2 is 2.04 bits per heavy atom. The van der Waals surface area contributed by atoms with E-state index in [2.05, 4.69) is 0 Å². The van der Waals surface area contributed by atoms with E-state index in [0.29, 0.717) is 30.2 Å². The zero-order valence-corrected chi connectivity index (χ0v) is 14.0. The first-order valence-electron chi connectivity index (χ1n) is 7.90. The summed E-state index contributed by atoms with van der Waals surface area (Å²) in [6.45, 7) is 1.21. The van der Waals surface area contributed by atoms with E-state index < -0.39 is 5.97 Å². The summed E-state index contributed by atoms with van der Waals surface area (Å²) in [6, 6.07) is 4.91. The predicted molar refractivity (Wildman–Crippen MR) is 86.7 cm³/mol. The van der Waals surface area contributed by atoms with E-state index in [1.165, 1.54) is 19.1 Å². The van der Waals surface area contributed by atoms with Gasteiger partial charge in [0, 0.05) is 25.3 Å². The topological polar surface area (TPSA) is 85.3 Å². The van der Waals surface area contributed by atoms with E-state index in [1.54, 1.807) is 18.2 Å². The number of carbonyl (C=O) groups is 2. The van der Waals surface area contributed by atoms with E-state index in [4.69, 9.17) is 19.3 Å². The SMILES string of the molecule is COc1ccc(C(=O)N(CCC(=O)O)C[C@H]2CCCO2)cc1OC. The number of benzene rings is 1. The fourth-order valence-corrected chi connectivity index (χ4v) is 2.69. The summed E-state index contributed by atoms with van der Waals surface area (Å²) in [7, 11) is 3.02. The molecule has 0 radical (unpaired) electrons. The zero-order valence-electron chi connectivity index (χ0n) is 14.0. The average Bonchev–Trinajstić information content (AvgIpc) is 3.10. The Morgan fingerprint density at radius 3 is 2.62 bits per heavy atom. The number of methoxy groups -OCH3 is 2. The number of hydrogen-bond acceptors (Lipinski definition) is 5. The van der Waals surface area contributed by atoms with Crippen LogP contribution in [0.25, 0.3) is 0 Å². The van der Waals surface area contributed by atoms with Crippen molar-refractivity contribution in [2.75, 3.05) is 33.9 Å². The number of amides is 1. The summed E-state index contributed by atoms with van der Waals surface area (Å²) in [6.07, 6.45) is 1.69. The molecule has 7 heteroatoms. The molecular formula is C17H23NO6. The molecule has 0 spiro atoms. The minimum Gasteiger partial charge on any atom is -0.493 e. The molecule has 0 aliphatic carbocycles. The summed E-state index contributed by atoms with van der Waals surface area (Å²) in [4.78, 5) is 25.2. The Labute approximate surface area is 141 Å². The van der Waals surface area contributed by atoms with Gasteiger partial charge in [-0.25, -0.2) is 0 Å². The monoisotopic (exact) mass is 337 g/mol. The van der Waals surface area contributed by atoms with Gasteiger partial charge >= 0.3 is 5.97 Å². The van der Waals surface area contributed by atoms with Crippen molar-refractivity contribution in [3.63, 3.8) is 0 Å². The van der Waals surface area contributed by atoms with Crippen LogP contribution in [-0.4, -0.2) is 61.9 Å². The van der Waals surface area contributed by atoms with Crippen molar-refractivity contribution >= 4 is 11.9 Å². The van der Waals surface area contributed by atoms with Crippen molar-refractivity contribution in [3.8, 4) is 11.5 Å². The summed E-state index contributed by atoms with van der Waals surface area (Å²) < 4.78 is 16.0. The van der Waals surface area contributed by atoms with Crippen molar-refractivity contribution in [2.24, 2.45) is 0 Å². The molecule has 1 heterocycles. The van der Waals surface area contributed by atoms with Gasteiger partial charge in [0.05, 0.1) is 26.7 Å². The number of carbonyl (C=O) groups excluding carboxylic acids is 1. The molecule has 1 atom stereocenters. The molecule has 1 aliphatic rings. The van der Waals surface area contributed by atoms with Gasteiger partial charge in [0.1, 0.15) is 0 Å². The molecule has 0 bridgehead atoms. The van der Waals surface area contributed by atoms with Crippen LogP contribution in [0.4, 0.5) is 0 Å². The normalized spacial score (nSPS) is 16.7. The molecule has 1 fully saturated rings. The largest absolute Gasteiger partial charge is 0.493 e. The number of hydrogen-bond donors (Lipinski definition) is 1. The van der Waals surface area contributed by atoms with E-state index >= 15 is 0 Å². The molecule has 2 rings (SSSR count). The maximum atomic E-state index is 12.8. The molecule has 1 aromatic carbocycles. The van der Waals surface area contributed by atoms with E-state index in [1.807, 2.05) is 0 Å². The molecule has 1 aliphatic heterocycles. The number of carboxylic acid groups (broad SMARTS) is 1. The minimum atomic E-state index is -0.938. The molecule has 1 amide bonds. The molecule has 132 valence electrons. The number of ether oxygens (including phenoxy) is 3. The van der Waals surface area contributed by atoms with Gasteiger partial charge in [-0.1, -0.05) is 0 Å². The fourth-order valence-electron chi connectivity index (χ4n) is 2.69. The molecule has 1 aromatic rings. The lowest BCUT2D eigenvalue weighted by Gasteiger charge is -2.25. The minimum absolute atomic E-state index is 0.0390. The van der Waals surface area contributed by atoms with Crippen LogP contribution in [0.5, 0.6) is 11.5 Å². The van der Waals surface area contributed by atoms with Gasteiger partial charge in [-0.2, -0.15) is 0 Å². The number of nitrogens with zero attached hydrogens (tertiary/aromatic N) is 1. The van der Waals surface area contributed by atoms with Gasteiger partial charge in [-0.3, -0.25) is 9.59 Å². The highest BCUT2D eigenvalue weighted by molar-refractivity contribution is 5.95. The molecule has 0 aromatic heterocycles. The van der Waals surface area contributed by atoms with Crippen molar-refractivity contribution in [2.45, 2.75) is 25.4 Å². The van der Waals surface area contributed by atoms with Crippen LogP contribution < -0.4 is 9.47 Å². The van der Waals surface area contributed by atoms with Crippen molar-refractivity contribution in [3.05, 3.63) is 23.8 Å². The van der Waals surface area contributed by atoms with Gasteiger partial charge in [0.15, 0.2) is 11.5 Å². The third-order valence-electron chi connectivity index (χ3n) is 3.96. The summed E-state index contributed by atoms with van der Waals surface area (Å²) in [5.74, 6) is -0.191. The van der Waals surface area contributed by atoms with E-state index in [9.17, 15) is 9.59 Å². The lowest BCUT2D eigenvalue weighted by Crippen LogP contribution is -2.38. The second kappa shape index (κ2) is 8.54. The quantitative estimate of drug-likeness (QED) is 0.778. The summed E-state index contributed by atoms with van der Waals surface area (Å²) >= 11 is 0. The van der Waals surface area contributed by atoms with Crippen molar-refractivity contribution in [1.82, 2.24) is 4.90 Å². The Bertz CT molecular complexity index is 582. The van der Waals surface area contributed by atoms with Crippen molar-refractivity contribution < 1.29 is 28.9 Å². The Hall–Kier alpha value is -2.28. The number of carboxylic acids is 1. The molecule has 24 heavy (non-hydrogen) atoms. The first-order chi connectivity index (χ1) is 11.5. The Balaban J connectivity index is 2.16. The molecule has 0 saturated carbocycles. The van der Waals surface area contributed by atoms with Crippen LogP contribution >= 0.6 is 0 Å². The molecule has 1 N–H and O–H groups in total. The third-order valence-corrected chi connectivity index (χ3v) is 3.96. The highest BCUT2D eigenvalue weighted by Gasteiger charge is 2.24. The zero-order chi connectivity index (χ0) is 17.5. The third kappa shape index (κ3) is 4.61. The van der Waals surface area contributed by atoms with Gasteiger partial charge in [-0.05, 0) is 31.0 Å². The Kier molecular flexibility index (Phi) is 6.43. The molecule has 1 saturated heterocycles. The Morgan fingerprint density at radius 1 is 1.29 bits per heavy atom. The highest BCUT2D eigenvalue weighted by atomic mass is 16.5. The highest BCUT2D eigenvalue weighted by Crippen LogP contribution is 2.28. The smallest absolute Gasteiger partial charge is 0.305 e. The van der Waals surface area contributed by atoms with Crippen LogP contribution in [0.2, 0.25) is 0 Å². The fraction of sp³-hybridized carbons (Fsp3) is 0.529. The van der Waals surface area contributed by atoms with Crippen LogP contribution in [0.15, 0.2) is 18.2 Å². The lowest BCUT2D eigenvalue weighted by atomic mass is 10.1. The molecule has 0 unspecified atom stereocenters. The van der Waals surface area contributed by atoms with Gasteiger partial charge < -0.3 is 24.2 Å². The maximum Gasteiger partial charge on any atom is 0.305 e. The van der Waals surface area contributed by atoms with Gasteiger partial charge in [-0.15, -0.1) is 0 Å². The first-order valence-corrected chi connectivity index (χ1v) is 7.90. The first kappa shape index (κ1) is 18.1. The average molecular weight is 337 g/mol. The summed E-state index contributed by atoms with van der Waals surface area (Å²) in [5, 5.41) is 8.92. The van der Waals surface area contributed by atoms with Gasteiger partial charge in [0.25, 0.3) is 5.91 Å². The second-order valence-corrected chi connectivity index (χ2v) is 5.60. The number of aliphatic carboxylic acids is 1. The van der Waals surface area contributed by atoms with E-state index in [-0.39, 0.29) is 25.0 Å². The maximum absolute atomic E-state index is 12.8. The number of rotatable bonds is 8. The van der Waals surface area contributed by atoms with Gasteiger partial charge in [0.2, 0.25) is 0 Å².